The van der Waals surface area contributed by atoms with E-state index in [1.54, 1.807) is 0 Å². The minimum Gasteiger partial charge on any atom is -0.353 e. The summed E-state index contributed by atoms with van der Waals surface area (Å²) in [6.45, 7) is 0.929. The molecule has 2 N–H and O–H groups in total. The van der Waals surface area contributed by atoms with E-state index in [1.165, 1.54) is 32.1 Å². The molecule has 0 bridgehead atoms. The van der Waals surface area contributed by atoms with Gasteiger partial charge in [0.25, 0.3) is 0 Å². The van der Waals surface area contributed by atoms with Crippen molar-refractivity contribution in [2.24, 2.45) is 0 Å². The lowest BCUT2D eigenvalue weighted by atomic mass is 9.95. The van der Waals surface area contributed by atoms with Gasteiger partial charge in [0.15, 0.2) is 0 Å². The maximum Gasteiger partial charge on any atom is 0.220 e. The number of carbonyl (C=O) groups is 1. The molecule has 0 aromatic heterocycles. The predicted molar refractivity (Wildman–Crippen MR) is 58.2 cm³/mol. The molecule has 0 unspecified atom stereocenters. The third-order valence-electron chi connectivity index (χ3n) is 2.80. The van der Waals surface area contributed by atoms with E-state index in [0.717, 1.165) is 13.0 Å². The lowest BCUT2D eigenvalue weighted by Crippen LogP contribution is -2.36. The van der Waals surface area contributed by atoms with Gasteiger partial charge in [-0.1, -0.05) is 19.3 Å². The maximum atomic E-state index is 11.4. The van der Waals surface area contributed by atoms with E-state index in [2.05, 4.69) is 10.6 Å². The first kappa shape index (κ1) is 11.5. The van der Waals surface area contributed by atoms with Crippen LogP contribution in [0.15, 0.2) is 0 Å². The van der Waals surface area contributed by atoms with E-state index in [-0.39, 0.29) is 5.91 Å². The minimum absolute atomic E-state index is 0.229. The molecule has 1 rings (SSSR count). The fourth-order valence-corrected chi connectivity index (χ4v) is 1.97. The van der Waals surface area contributed by atoms with Crippen LogP contribution in [0.2, 0.25) is 0 Å². The van der Waals surface area contributed by atoms with Gasteiger partial charge >= 0.3 is 0 Å². The Labute approximate surface area is 86.6 Å². The van der Waals surface area contributed by atoms with Crippen molar-refractivity contribution in [3.8, 4) is 0 Å². The molecular formula is C11H22N2O. The monoisotopic (exact) mass is 198 g/mol. The Kier molecular flexibility index (Phi) is 5.60. The van der Waals surface area contributed by atoms with Gasteiger partial charge in [-0.3, -0.25) is 4.79 Å². The molecule has 1 saturated carbocycles. The summed E-state index contributed by atoms with van der Waals surface area (Å²) in [5.74, 6) is 0.229. The minimum atomic E-state index is 0.229. The van der Waals surface area contributed by atoms with Crippen LogP contribution in [-0.4, -0.2) is 25.5 Å². The summed E-state index contributed by atoms with van der Waals surface area (Å²) in [4.78, 5) is 11.4. The number of rotatable bonds is 5. The summed E-state index contributed by atoms with van der Waals surface area (Å²) in [5, 5.41) is 6.16. The number of hydrogen-bond donors (Lipinski definition) is 2. The van der Waals surface area contributed by atoms with E-state index in [4.69, 9.17) is 0 Å². The smallest absolute Gasteiger partial charge is 0.220 e. The van der Waals surface area contributed by atoms with Crippen LogP contribution in [-0.2, 0) is 4.79 Å². The second kappa shape index (κ2) is 6.82. The van der Waals surface area contributed by atoms with Crippen molar-refractivity contribution in [1.29, 1.82) is 0 Å². The van der Waals surface area contributed by atoms with E-state index in [1.807, 2.05) is 7.05 Å². The van der Waals surface area contributed by atoms with Crippen molar-refractivity contribution >= 4 is 5.91 Å². The summed E-state index contributed by atoms with van der Waals surface area (Å²) >= 11 is 0. The number of carbonyl (C=O) groups excluding carboxylic acids is 1. The van der Waals surface area contributed by atoms with Crippen LogP contribution < -0.4 is 10.6 Å². The van der Waals surface area contributed by atoms with Gasteiger partial charge in [-0.05, 0) is 32.9 Å². The standard InChI is InChI=1S/C11H22N2O/c1-12-9-5-8-11(14)13-10-6-3-2-4-7-10/h10,12H,2-9H2,1H3,(H,13,14). The molecule has 0 spiro atoms. The largest absolute Gasteiger partial charge is 0.353 e. The lowest BCUT2D eigenvalue weighted by Gasteiger charge is -2.22. The molecule has 0 saturated heterocycles. The Morgan fingerprint density at radius 1 is 1.29 bits per heavy atom. The SMILES string of the molecule is CNCCCC(=O)NC1CCCCC1. The highest BCUT2D eigenvalue weighted by Crippen LogP contribution is 2.17. The van der Waals surface area contributed by atoms with Crippen LogP contribution in [0.25, 0.3) is 0 Å². The zero-order valence-electron chi connectivity index (χ0n) is 9.14. The molecule has 1 amide bonds. The molecule has 1 aliphatic carbocycles. The topological polar surface area (TPSA) is 41.1 Å². The van der Waals surface area contributed by atoms with Crippen molar-refractivity contribution in [1.82, 2.24) is 10.6 Å². The van der Waals surface area contributed by atoms with E-state index < -0.39 is 0 Å². The molecule has 3 heteroatoms. The van der Waals surface area contributed by atoms with Gasteiger partial charge in [0.05, 0.1) is 0 Å². The van der Waals surface area contributed by atoms with E-state index in [9.17, 15) is 4.79 Å². The van der Waals surface area contributed by atoms with Crippen molar-refractivity contribution in [3.63, 3.8) is 0 Å². The molecule has 14 heavy (non-hydrogen) atoms. The van der Waals surface area contributed by atoms with Crippen LogP contribution in [0, 0.1) is 0 Å². The Morgan fingerprint density at radius 2 is 2.00 bits per heavy atom. The zero-order valence-corrected chi connectivity index (χ0v) is 9.14. The Balaban J connectivity index is 2.06. The molecule has 0 atom stereocenters. The predicted octanol–water partition coefficient (Wildman–Crippen LogP) is 1.43. The summed E-state index contributed by atoms with van der Waals surface area (Å²) in [5.41, 5.74) is 0. The van der Waals surface area contributed by atoms with E-state index >= 15 is 0 Å². The van der Waals surface area contributed by atoms with Crippen molar-refractivity contribution in [3.05, 3.63) is 0 Å². The van der Waals surface area contributed by atoms with Crippen LogP contribution in [0.4, 0.5) is 0 Å². The quantitative estimate of drug-likeness (QED) is 0.656. The van der Waals surface area contributed by atoms with Crippen molar-refractivity contribution in [2.75, 3.05) is 13.6 Å². The Bertz CT molecular complexity index is 165. The van der Waals surface area contributed by atoms with Crippen LogP contribution in [0.3, 0.4) is 0 Å². The van der Waals surface area contributed by atoms with Gasteiger partial charge in [0, 0.05) is 12.5 Å². The average Bonchev–Trinajstić information content (AvgIpc) is 2.20. The molecule has 1 aliphatic rings. The highest BCUT2D eigenvalue weighted by Gasteiger charge is 2.14. The zero-order chi connectivity index (χ0) is 10.2. The fraction of sp³-hybridized carbons (Fsp3) is 0.909. The van der Waals surface area contributed by atoms with Crippen molar-refractivity contribution < 1.29 is 4.79 Å². The number of hydrogen-bond acceptors (Lipinski definition) is 2. The van der Waals surface area contributed by atoms with Crippen LogP contribution in [0.5, 0.6) is 0 Å². The molecule has 0 aliphatic heterocycles. The van der Waals surface area contributed by atoms with Gasteiger partial charge in [-0.2, -0.15) is 0 Å². The molecule has 0 aromatic rings. The normalized spacial score (nSPS) is 18.1. The summed E-state index contributed by atoms with van der Waals surface area (Å²) < 4.78 is 0. The van der Waals surface area contributed by atoms with Crippen LogP contribution in [0.1, 0.15) is 44.9 Å². The van der Waals surface area contributed by atoms with Crippen molar-refractivity contribution in [2.45, 2.75) is 51.0 Å². The Morgan fingerprint density at radius 3 is 2.64 bits per heavy atom. The molecule has 0 aromatic carbocycles. The Hall–Kier alpha value is -0.570. The summed E-state index contributed by atoms with van der Waals surface area (Å²) in [6, 6.07) is 0.464. The van der Waals surface area contributed by atoms with Gasteiger partial charge < -0.3 is 10.6 Å². The second-order valence-electron chi connectivity index (χ2n) is 4.11. The highest BCUT2D eigenvalue weighted by molar-refractivity contribution is 5.76. The number of amides is 1. The third kappa shape index (κ3) is 4.61. The second-order valence-corrected chi connectivity index (χ2v) is 4.11. The molecule has 3 nitrogen and oxygen atoms in total. The van der Waals surface area contributed by atoms with Gasteiger partial charge in [0.1, 0.15) is 0 Å². The fourth-order valence-electron chi connectivity index (χ4n) is 1.97. The maximum absolute atomic E-state index is 11.4. The summed E-state index contributed by atoms with van der Waals surface area (Å²) in [7, 11) is 1.92. The molecule has 1 fully saturated rings. The molecule has 82 valence electrons. The first-order valence-electron chi connectivity index (χ1n) is 5.77. The first-order valence-corrected chi connectivity index (χ1v) is 5.77. The summed E-state index contributed by atoms with van der Waals surface area (Å²) in [6.07, 6.45) is 7.86. The lowest BCUT2D eigenvalue weighted by molar-refractivity contribution is -0.122. The van der Waals surface area contributed by atoms with Crippen LogP contribution >= 0.6 is 0 Å². The molecule has 0 heterocycles. The van der Waals surface area contributed by atoms with E-state index in [0.29, 0.717) is 12.5 Å². The number of nitrogens with one attached hydrogen (secondary N) is 2. The molecular weight excluding hydrogens is 176 g/mol. The molecule has 0 radical (unpaired) electrons. The average molecular weight is 198 g/mol. The third-order valence-corrected chi connectivity index (χ3v) is 2.80. The highest BCUT2D eigenvalue weighted by atomic mass is 16.1. The van der Waals surface area contributed by atoms with Gasteiger partial charge in [0.2, 0.25) is 5.91 Å². The van der Waals surface area contributed by atoms with Gasteiger partial charge in [-0.25, -0.2) is 0 Å². The first-order chi connectivity index (χ1) is 6.83. The van der Waals surface area contributed by atoms with Gasteiger partial charge in [-0.15, -0.1) is 0 Å².